The third-order valence-corrected chi connectivity index (χ3v) is 3.73. The average Bonchev–Trinajstić information content (AvgIpc) is 3.05. The molecule has 0 N–H and O–H groups in total. The molecular formula is C17H18N2O5. The van der Waals surface area contributed by atoms with Crippen LogP contribution < -0.4 is 15.0 Å². The molecule has 1 aromatic heterocycles. The van der Waals surface area contributed by atoms with Gasteiger partial charge in [-0.25, -0.2) is 9.48 Å². The van der Waals surface area contributed by atoms with Crippen molar-refractivity contribution in [2.24, 2.45) is 0 Å². The summed E-state index contributed by atoms with van der Waals surface area (Å²) in [4.78, 5) is 24.2. The first-order valence-electron chi connectivity index (χ1n) is 7.80. The Kier molecular flexibility index (Phi) is 4.50. The number of hydrogen-bond donors (Lipinski definition) is 0. The molecule has 1 unspecified atom stereocenters. The van der Waals surface area contributed by atoms with Crippen molar-refractivity contribution in [3.63, 3.8) is 0 Å². The van der Waals surface area contributed by atoms with Gasteiger partial charge in [0, 0.05) is 11.6 Å². The average molecular weight is 330 g/mol. The Labute approximate surface area is 138 Å². The van der Waals surface area contributed by atoms with Crippen LogP contribution in [0.4, 0.5) is 0 Å². The number of aromatic nitrogens is 2. The number of hydrogen-bond acceptors (Lipinski definition) is 6. The molecule has 0 saturated heterocycles. The summed E-state index contributed by atoms with van der Waals surface area (Å²) in [5, 5.41) is 4.35. The van der Waals surface area contributed by atoms with Gasteiger partial charge in [-0.05, 0) is 37.6 Å². The van der Waals surface area contributed by atoms with E-state index in [0.717, 1.165) is 5.56 Å². The van der Waals surface area contributed by atoms with Crippen LogP contribution in [-0.4, -0.2) is 29.1 Å². The molecule has 1 aliphatic heterocycles. The Morgan fingerprint density at radius 2 is 2.04 bits per heavy atom. The molecule has 0 fully saturated rings. The summed E-state index contributed by atoms with van der Waals surface area (Å²) < 4.78 is 16.9. The van der Waals surface area contributed by atoms with Crippen molar-refractivity contribution < 1.29 is 19.0 Å². The molecule has 1 aliphatic rings. The number of esters is 1. The molecule has 1 atom stereocenters. The van der Waals surface area contributed by atoms with Crippen molar-refractivity contribution in [1.82, 2.24) is 9.78 Å². The second-order valence-corrected chi connectivity index (χ2v) is 5.25. The molecule has 0 bridgehead atoms. The van der Waals surface area contributed by atoms with Crippen LogP contribution in [0, 0.1) is 0 Å². The number of carbonyl (C=O) groups excluding carboxylic acids is 1. The first-order chi connectivity index (χ1) is 11.6. The molecule has 1 aromatic carbocycles. The van der Waals surface area contributed by atoms with Crippen LogP contribution in [0.5, 0.6) is 11.5 Å². The van der Waals surface area contributed by atoms with Gasteiger partial charge in [0.1, 0.15) is 0 Å². The van der Waals surface area contributed by atoms with E-state index in [1.165, 1.54) is 10.7 Å². The predicted octanol–water partition coefficient (Wildman–Crippen LogP) is 2.15. The fourth-order valence-electron chi connectivity index (χ4n) is 2.54. The quantitative estimate of drug-likeness (QED) is 0.782. The predicted molar refractivity (Wildman–Crippen MR) is 86.0 cm³/mol. The van der Waals surface area contributed by atoms with Crippen molar-refractivity contribution in [3.05, 3.63) is 40.7 Å². The van der Waals surface area contributed by atoms with Gasteiger partial charge < -0.3 is 14.2 Å². The Morgan fingerprint density at radius 3 is 2.79 bits per heavy atom. The first kappa shape index (κ1) is 16.0. The summed E-state index contributed by atoms with van der Waals surface area (Å²) in [6.45, 7) is 3.98. The molecule has 3 rings (SSSR count). The van der Waals surface area contributed by atoms with Gasteiger partial charge in [-0.1, -0.05) is 6.92 Å². The van der Waals surface area contributed by atoms with E-state index in [1.54, 1.807) is 25.1 Å². The number of carbonyl (C=O) groups is 1. The highest BCUT2D eigenvalue weighted by Crippen LogP contribution is 2.35. The van der Waals surface area contributed by atoms with Crippen molar-refractivity contribution in [2.75, 3.05) is 13.4 Å². The van der Waals surface area contributed by atoms with Gasteiger partial charge in [0.25, 0.3) is 5.56 Å². The minimum atomic E-state index is -0.744. The van der Waals surface area contributed by atoms with Crippen LogP contribution in [0.15, 0.2) is 35.1 Å². The van der Waals surface area contributed by atoms with Gasteiger partial charge >= 0.3 is 5.97 Å². The lowest BCUT2D eigenvalue weighted by molar-refractivity contribution is -0.147. The smallest absolute Gasteiger partial charge is 0.331 e. The number of nitrogens with zero attached hydrogens (tertiary/aromatic N) is 2. The van der Waals surface area contributed by atoms with Gasteiger partial charge in [0.2, 0.25) is 6.79 Å². The Bertz CT molecular complexity index is 815. The van der Waals surface area contributed by atoms with Gasteiger partial charge in [0.15, 0.2) is 17.5 Å². The molecular weight excluding hydrogens is 312 g/mol. The lowest BCUT2D eigenvalue weighted by Crippen LogP contribution is -2.32. The van der Waals surface area contributed by atoms with Gasteiger partial charge in [-0.3, -0.25) is 4.79 Å². The van der Waals surface area contributed by atoms with E-state index in [0.29, 0.717) is 23.6 Å². The normalized spacial score (nSPS) is 13.6. The second-order valence-electron chi connectivity index (χ2n) is 5.25. The topological polar surface area (TPSA) is 79.7 Å². The third kappa shape index (κ3) is 2.97. The van der Waals surface area contributed by atoms with Crippen molar-refractivity contribution in [2.45, 2.75) is 26.3 Å². The molecule has 0 amide bonds. The van der Waals surface area contributed by atoms with Crippen molar-refractivity contribution in [1.29, 1.82) is 0 Å². The van der Waals surface area contributed by atoms with Crippen LogP contribution in [0.1, 0.15) is 26.3 Å². The summed E-state index contributed by atoms with van der Waals surface area (Å²) >= 11 is 0. The summed E-state index contributed by atoms with van der Waals surface area (Å²) in [7, 11) is 0. The minimum absolute atomic E-state index is 0.187. The molecule has 0 spiro atoms. The summed E-state index contributed by atoms with van der Waals surface area (Å²) in [6, 6.07) is 7.69. The SMILES string of the molecule is CCOC(=O)C(CC)n1nc(-c2ccc3c(c2)OCO3)ccc1=O. The van der Waals surface area contributed by atoms with E-state index in [4.69, 9.17) is 14.2 Å². The van der Waals surface area contributed by atoms with Crippen LogP contribution in [0.25, 0.3) is 11.3 Å². The number of ether oxygens (including phenoxy) is 3. The fraction of sp³-hybridized carbons (Fsp3) is 0.353. The van der Waals surface area contributed by atoms with E-state index in [9.17, 15) is 9.59 Å². The molecule has 0 saturated carbocycles. The lowest BCUT2D eigenvalue weighted by atomic mass is 10.1. The zero-order chi connectivity index (χ0) is 17.1. The molecule has 0 aliphatic carbocycles. The van der Waals surface area contributed by atoms with E-state index >= 15 is 0 Å². The van der Waals surface area contributed by atoms with Crippen molar-refractivity contribution in [3.8, 4) is 22.8 Å². The van der Waals surface area contributed by atoms with Gasteiger partial charge in [-0.2, -0.15) is 5.10 Å². The number of rotatable bonds is 5. The maximum atomic E-state index is 12.1. The highest BCUT2D eigenvalue weighted by Gasteiger charge is 2.23. The lowest BCUT2D eigenvalue weighted by Gasteiger charge is -2.16. The molecule has 7 heteroatoms. The third-order valence-electron chi connectivity index (χ3n) is 3.73. The minimum Gasteiger partial charge on any atom is -0.464 e. The van der Waals surface area contributed by atoms with Crippen LogP contribution in [0.2, 0.25) is 0 Å². The van der Waals surface area contributed by atoms with E-state index in [2.05, 4.69) is 5.10 Å². The van der Waals surface area contributed by atoms with E-state index < -0.39 is 12.0 Å². The molecule has 2 aromatic rings. The second kappa shape index (κ2) is 6.74. The Morgan fingerprint density at radius 1 is 1.25 bits per heavy atom. The molecule has 7 nitrogen and oxygen atoms in total. The molecule has 0 radical (unpaired) electrons. The first-order valence-corrected chi connectivity index (χ1v) is 7.80. The highest BCUT2D eigenvalue weighted by molar-refractivity contribution is 5.74. The zero-order valence-corrected chi connectivity index (χ0v) is 13.5. The van der Waals surface area contributed by atoms with Crippen LogP contribution in [0.3, 0.4) is 0 Å². The summed E-state index contributed by atoms with van der Waals surface area (Å²) in [6.07, 6.45) is 0.413. The standard InChI is InChI=1S/C17H18N2O5/c1-3-13(17(21)22-4-2)19-16(20)8-6-12(18-19)11-5-7-14-15(9-11)24-10-23-14/h5-9,13H,3-4,10H2,1-2H3. The maximum Gasteiger partial charge on any atom is 0.331 e. The summed E-state index contributed by atoms with van der Waals surface area (Å²) in [5.74, 6) is 0.840. The van der Waals surface area contributed by atoms with E-state index in [-0.39, 0.29) is 19.0 Å². The largest absolute Gasteiger partial charge is 0.464 e. The highest BCUT2D eigenvalue weighted by atomic mass is 16.7. The van der Waals surface area contributed by atoms with Crippen LogP contribution >= 0.6 is 0 Å². The van der Waals surface area contributed by atoms with Crippen molar-refractivity contribution >= 4 is 5.97 Å². The zero-order valence-electron chi connectivity index (χ0n) is 13.5. The monoisotopic (exact) mass is 330 g/mol. The van der Waals surface area contributed by atoms with Gasteiger partial charge in [0.05, 0.1) is 12.3 Å². The van der Waals surface area contributed by atoms with Gasteiger partial charge in [-0.15, -0.1) is 0 Å². The Hall–Kier alpha value is -2.83. The van der Waals surface area contributed by atoms with Crippen LogP contribution in [-0.2, 0) is 9.53 Å². The summed E-state index contributed by atoms with van der Waals surface area (Å²) in [5.41, 5.74) is 0.988. The maximum absolute atomic E-state index is 12.1. The fourth-order valence-corrected chi connectivity index (χ4v) is 2.54. The molecule has 24 heavy (non-hydrogen) atoms. The molecule has 2 heterocycles. The molecule has 126 valence electrons. The number of fused-ring (bicyclic) bond motifs is 1. The Balaban J connectivity index is 1.99. The van der Waals surface area contributed by atoms with E-state index in [1.807, 2.05) is 13.0 Å². The number of benzene rings is 1.